The first kappa shape index (κ1) is 12.1. The summed E-state index contributed by atoms with van der Waals surface area (Å²) in [6, 6.07) is 0. The lowest BCUT2D eigenvalue weighted by Gasteiger charge is -2.23. The van der Waals surface area contributed by atoms with Gasteiger partial charge in [0.1, 0.15) is 0 Å². The summed E-state index contributed by atoms with van der Waals surface area (Å²) >= 11 is 0. The number of aryl methyl sites for hydroxylation is 1. The molecule has 1 heterocycles. The fourth-order valence-electron chi connectivity index (χ4n) is 1.58. The van der Waals surface area contributed by atoms with Crippen LogP contribution in [0.3, 0.4) is 0 Å². The van der Waals surface area contributed by atoms with Crippen LogP contribution in [0.15, 0.2) is 0 Å². The lowest BCUT2D eigenvalue weighted by molar-refractivity contribution is -0.0375. The molecule has 1 N–H and O–H groups in total. The zero-order valence-electron chi connectivity index (χ0n) is 9.58. The van der Waals surface area contributed by atoms with Crippen molar-refractivity contribution in [2.75, 3.05) is 7.11 Å². The van der Waals surface area contributed by atoms with Crippen LogP contribution in [0, 0.1) is 5.92 Å². The van der Waals surface area contributed by atoms with E-state index in [1.807, 2.05) is 13.8 Å². The van der Waals surface area contributed by atoms with Crippen molar-refractivity contribution in [2.45, 2.75) is 32.5 Å². The van der Waals surface area contributed by atoms with Gasteiger partial charge in [-0.2, -0.15) is 4.80 Å². The Balaban J connectivity index is 2.57. The normalized spacial score (nSPS) is 15.6. The molecule has 0 radical (unpaired) electrons. The topological polar surface area (TPSA) is 73.1 Å². The maximum Gasteiger partial charge on any atom is 0.177 e. The highest BCUT2D eigenvalue weighted by Crippen LogP contribution is 2.12. The maximum absolute atomic E-state index is 9.90. The van der Waals surface area contributed by atoms with Gasteiger partial charge in [-0.15, -0.1) is 10.2 Å². The van der Waals surface area contributed by atoms with Gasteiger partial charge in [0, 0.05) is 13.5 Å². The summed E-state index contributed by atoms with van der Waals surface area (Å²) in [6.07, 6.45) is -0.433. The molecule has 0 aliphatic rings. The molecule has 0 spiro atoms. The average Bonchev–Trinajstić information content (AvgIpc) is 2.51. The molecule has 0 saturated carbocycles. The molecule has 6 heteroatoms. The van der Waals surface area contributed by atoms with Crippen LogP contribution in [0.25, 0.3) is 0 Å². The molecular formula is C9H18N4O2. The lowest BCUT2D eigenvalue weighted by atomic mass is 9.99. The first-order valence-corrected chi connectivity index (χ1v) is 4.98. The third kappa shape index (κ3) is 3.24. The first-order chi connectivity index (χ1) is 7.04. The maximum atomic E-state index is 9.90. The van der Waals surface area contributed by atoms with Crippen molar-refractivity contribution in [1.29, 1.82) is 0 Å². The number of hydrogen-bond acceptors (Lipinski definition) is 5. The second-order valence-corrected chi connectivity index (χ2v) is 3.91. The van der Waals surface area contributed by atoms with Gasteiger partial charge < -0.3 is 9.84 Å². The molecule has 0 aromatic carbocycles. The number of aliphatic hydroxyl groups is 1. The zero-order valence-corrected chi connectivity index (χ0v) is 9.58. The summed E-state index contributed by atoms with van der Waals surface area (Å²) in [5.74, 6) is 0.786. The van der Waals surface area contributed by atoms with Gasteiger partial charge in [-0.3, -0.25) is 0 Å². The number of methoxy groups -OCH3 is 1. The molecule has 6 nitrogen and oxygen atoms in total. The Morgan fingerprint density at radius 2 is 2.13 bits per heavy atom. The third-order valence-corrected chi connectivity index (χ3v) is 2.25. The van der Waals surface area contributed by atoms with Crippen LogP contribution in [-0.2, 0) is 18.2 Å². The zero-order chi connectivity index (χ0) is 11.4. The molecule has 15 heavy (non-hydrogen) atoms. The van der Waals surface area contributed by atoms with E-state index in [2.05, 4.69) is 15.4 Å². The minimum Gasteiger partial charge on any atom is -0.390 e. The quantitative estimate of drug-likeness (QED) is 0.734. The Hall–Kier alpha value is -1.01. The number of nitrogens with zero attached hydrogens (tertiary/aromatic N) is 4. The van der Waals surface area contributed by atoms with Crippen molar-refractivity contribution in [3.63, 3.8) is 0 Å². The van der Waals surface area contributed by atoms with Gasteiger partial charge in [0.2, 0.25) is 0 Å². The van der Waals surface area contributed by atoms with Crippen molar-refractivity contribution < 1.29 is 9.84 Å². The summed E-state index contributed by atoms with van der Waals surface area (Å²) in [7, 11) is 3.29. The van der Waals surface area contributed by atoms with Gasteiger partial charge in [0.15, 0.2) is 5.82 Å². The van der Waals surface area contributed by atoms with Gasteiger partial charge in [0.25, 0.3) is 0 Å². The fraction of sp³-hybridized carbons (Fsp3) is 0.889. The molecule has 2 unspecified atom stereocenters. The Kier molecular flexibility index (Phi) is 4.16. The van der Waals surface area contributed by atoms with Crippen molar-refractivity contribution in [3.8, 4) is 0 Å². The number of rotatable bonds is 5. The molecule has 1 rings (SSSR count). The van der Waals surface area contributed by atoms with Crippen LogP contribution >= 0.6 is 0 Å². The highest BCUT2D eigenvalue weighted by Gasteiger charge is 2.23. The molecule has 0 fully saturated rings. The Morgan fingerprint density at radius 1 is 1.47 bits per heavy atom. The Bertz CT molecular complexity index is 300. The molecular weight excluding hydrogens is 196 g/mol. The van der Waals surface area contributed by atoms with E-state index in [1.165, 1.54) is 4.80 Å². The van der Waals surface area contributed by atoms with Gasteiger partial charge in [-0.1, -0.05) is 13.8 Å². The largest absolute Gasteiger partial charge is 0.390 e. The van der Waals surface area contributed by atoms with Crippen LogP contribution in [0.1, 0.15) is 19.7 Å². The molecule has 0 saturated heterocycles. The van der Waals surface area contributed by atoms with Gasteiger partial charge in [-0.25, -0.2) is 0 Å². The second kappa shape index (κ2) is 5.18. The van der Waals surface area contributed by atoms with E-state index in [0.29, 0.717) is 12.2 Å². The van der Waals surface area contributed by atoms with Crippen molar-refractivity contribution in [2.24, 2.45) is 13.0 Å². The third-order valence-electron chi connectivity index (χ3n) is 2.25. The summed E-state index contributed by atoms with van der Waals surface area (Å²) in [5.41, 5.74) is 0. The smallest absolute Gasteiger partial charge is 0.177 e. The lowest BCUT2D eigenvalue weighted by Crippen LogP contribution is -2.34. The summed E-state index contributed by atoms with van der Waals surface area (Å²) in [4.78, 5) is 1.37. The van der Waals surface area contributed by atoms with Gasteiger partial charge in [-0.05, 0) is 11.1 Å². The summed E-state index contributed by atoms with van der Waals surface area (Å²) in [5, 5.41) is 21.4. The standard InChI is InChI=1S/C9H18N4O2/c1-6(2)9(15-4)7(14)5-8-10-12-13(3)11-8/h6-7,9,14H,5H2,1-4H3. The van der Waals surface area contributed by atoms with E-state index in [9.17, 15) is 5.11 Å². The van der Waals surface area contributed by atoms with Crippen LogP contribution in [-0.4, -0.2) is 44.6 Å². The number of aliphatic hydroxyl groups excluding tert-OH is 1. The Labute approximate surface area is 89.2 Å². The number of hydrogen-bond donors (Lipinski definition) is 1. The van der Waals surface area contributed by atoms with Crippen LogP contribution in [0.4, 0.5) is 0 Å². The molecule has 0 amide bonds. The predicted molar refractivity (Wildman–Crippen MR) is 54.1 cm³/mol. The summed E-state index contributed by atoms with van der Waals surface area (Å²) in [6.45, 7) is 4.00. The van der Waals surface area contributed by atoms with Gasteiger partial charge in [0.05, 0.1) is 19.3 Å². The van der Waals surface area contributed by atoms with E-state index >= 15 is 0 Å². The van der Waals surface area contributed by atoms with Crippen LogP contribution in [0.2, 0.25) is 0 Å². The molecule has 1 aromatic heterocycles. The van der Waals surface area contributed by atoms with E-state index in [1.54, 1.807) is 14.2 Å². The Morgan fingerprint density at radius 3 is 2.53 bits per heavy atom. The highest BCUT2D eigenvalue weighted by atomic mass is 16.5. The average molecular weight is 214 g/mol. The fourth-order valence-corrected chi connectivity index (χ4v) is 1.58. The predicted octanol–water partition coefficient (Wildman–Crippen LogP) is -0.216. The number of ether oxygens (including phenoxy) is 1. The van der Waals surface area contributed by atoms with Crippen LogP contribution in [0.5, 0.6) is 0 Å². The molecule has 0 bridgehead atoms. The minimum atomic E-state index is -0.598. The molecule has 1 aromatic rings. The number of tetrazole rings is 1. The summed E-state index contributed by atoms with van der Waals surface area (Å²) < 4.78 is 5.22. The van der Waals surface area contributed by atoms with Crippen molar-refractivity contribution >= 4 is 0 Å². The first-order valence-electron chi connectivity index (χ1n) is 4.98. The molecule has 2 atom stereocenters. The molecule has 86 valence electrons. The SMILES string of the molecule is COC(C(C)C)C(O)Cc1nnn(C)n1. The van der Waals surface area contributed by atoms with Crippen LogP contribution < -0.4 is 0 Å². The minimum absolute atomic E-state index is 0.200. The van der Waals surface area contributed by atoms with Crippen molar-refractivity contribution in [3.05, 3.63) is 5.82 Å². The van der Waals surface area contributed by atoms with E-state index in [4.69, 9.17) is 4.74 Å². The molecule has 0 aliphatic carbocycles. The highest BCUT2D eigenvalue weighted by molar-refractivity contribution is 4.85. The van der Waals surface area contributed by atoms with E-state index in [0.717, 1.165) is 0 Å². The molecule has 0 aliphatic heterocycles. The monoisotopic (exact) mass is 214 g/mol. The van der Waals surface area contributed by atoms with Gasteiger partial charge >= 0.3 is 0 Å². The van der Waals surface area contributed by atoms with E-state index in [-0.39, 0.29) is 12.0 Å². The number of aromatic nitrogens is 4. The van der Waals surface area contributed by atoms with Crippen molar-refractivity contribution in [1.82, 2.24) is 20.2 Å². The van der Waals surface area contributed by atoms with E-state index < -0.39 is 6.10 Å². The second-order valence-electron chi connectivity index (χ2n) is 3.91.